The van der Waals surface area contributed by atoms with Crippen LogP contribution < -0.4 is 0 Å². The number of hydrogen-bond acceptors (Lipinski definition) is 0. The van der Waals surface area contributed by atoms with E-state index < -0.39 is 0 Å². The molecule has 0 aromatic carbocycles. The van der Waals surface area contributed by atoms with Crippen molar-refractivity contribution >= 4 is 15.8 Å². The van der Waals surface area contributed by atoms with E-state index in [4.69, 9.17) is 0 Å². The summed E-state index contributed by atoms with van der Waals surface area (Å²) in [5.41, 5.74) is 0. The van der Waals surface area contributed by atoms with Gasteiger partial charge in [-0.2, -0.15) is 0 Å². The quantitative estimate of drug-likeness (QED) is 0.0842. The Labute approximate surface area is 208 Å². The van der Waals surface area contributed by atoms with Crippen molar-refractivity contribution in [2.75, 3.05) is 24.6 Å². The average molecular weight is 487 g/mol. The highest BCUT2D eigenvalue weighted by molar-refractivity contribution is 7.75. The van der Waals surface area contributed by atoms with E-state index in [2.05, 4.69) is 34.6 Å². The normalized spacial score (nSPS) is 12.0. The van der Waals surface area contributed by atoms with Gasteiger partial charge in [-0.1, -0.05) is 147 Å². The topological polar surface area (TPSA) is 0 Å². The molecule has 0 amide bonds. The Balaban J connectivity index is 5.26. The van der Waals surface area contributed by atoms with Crippen molar-refractivity contribution in [3.63, 3.8) is 0 Å². The van der Waals surface area contributed by atoms with Gasteiger partial charge < -0.3 is 0 Å². The third-order valence-electron chi connectivity index (χ3n) is 7.10. The van der Waals surface area contributed by atoms with Crippen molar-refractivity contribution in [2.24, 2.45) is 0 Å². The van der Waals surface area contributed by atoms with E-state index in [9.17, 15) is 0 Å². The summed E-state index contributed by atoms with van der Waals surface area (Å²) in [4.78, 5) is 0. The molecule has 0 aliphatic carbocycles. The average Bonchev–Trinajstić information content (AvgIpc) is 2.80. The highest BCUT2D eigenvalue weighted by Gasteiger charge is 2.27. The van der Waals surface area contributed by atoms with E-state index in [1.54, 1.807) is 31.1 Å². The van der Waals surface area contributed by atoms with Crippen LogP contribution >= 0.6 is 15.8 Å². The molecule has 0 bridgehead atoms. The van der Waals surface area contributed by atoms with Crippen molar-refractivity contribution < 1.29 is 0 Å². The van der Waals surface area contributed by atoms with E-state index in [0.29, 0.717) is 0 Å². The van der Waals surface area contributed by atoms with Crippen LogP contribution in [0.3, 0.4) is 0 Å². The summed E-state index contributed by atoms with van der Waals surface area (Å²) in [6.07, 6.45) is 35.9. The molecule has 0 radical (unpaired) electrons. The maximum atomic E-state index is 2.39. The fraction of sp³-hybridized carbons (Fsp3) is 1.00. The minimum atomic E-state index is 0.267. The lowest BCUT2D eigenvalue weighted by molar-refractivity contribution is 0.672. The fourth-order valence-electron chi connectivity index (χ4n) is 4.96. The first-order valence-corrected chi connectivity index (χ1v) is 18.8. The van der Waals surface area contributed by atoms with Crippen molar-refractivity contribution in [3.8, 4) is 0 Å². The molecule has 0 aliphatic heterocycles. The molecule has 0 spiro atoms. The molecular weight excluding hydrogens is 422 g/mol. The van der Waals surface area contributed by atoms with E-state index in [0.717, 1.165) is 5.40 Å². The Hall–Kier alpha value is 0.860. The van der Waals surface area contributed by atoms with Crippen LogP contribution in [0, 0.1) is 0 Å². The van der Waals surface area contributed by atoms with Crippen LogP contribution in [0.4, 0.5) is 0 Å². The van der Waals surface area contributed by atoms with Crippen LogP contribution in [0.2, 0.25) is 0 Å². The zero-order chi connectivity index (χ0) is 23.7. The van der Waals surface area contributed by atoms with Crippen LogP contribution in [0.25, 0.3) is 0 Å². The van der Waals surface area contributed by atoms with Gasteiger partial charge in [0.2, 0.25) is 0 Å². The predicted molar refractivity (Wildman–Crippen MR) is 158 cm³/mol. The molecule has 0 atom stereocenters. The summed E-state index contributed by atoms with van der Waals surface area (Å²) in [5.74, 6) is 0. The molecule has 0 aromatic rings. The molecule has 2 heteroatoms. The van der Waals surface area contributed by atoms with E-state index in [1.807, 2.05) is 0 Å². The fourth-order valence-corrected chi connectivity index (χ4v) is 13.4. The van der Waals surface area contributed by atoms with Gasteiger partial charge in [-0.3, -0.25) is 0 Å². The lowest BCUT2D eigenvalue weighted by Gasteiger charge is -2.36. The van der Waals surface area contributed by atoms with Gasteiger partial charge in [0.05, 0.1) is 0 Å². The highest BCUT2D eigenvalue weighted by atomic mass is 31.2. The first kappa shape index (κ1) is 32.9. The maximum Gasteiger partial charge on any atom is -0.000583 e. The summed E-state index contributed by atoms with van der Waals surface area (Å²) in [6, 6.07) is 0. The van der Waals surface area contributed by atoms with Gasteiger partial charge in [0, 0.05) is 0 Å². The highest BCUT2D eigenvalue weighted by Crippen LogP contribution is 2.61. The van der Waals surface area contributed by atoms with Crippen LogP contribution in [-0.4, -0.2) is 30.0 Å². The van der Waals surface area contributed by atoms with Gasteiger partial charge in [0.15, 0.2) is 0 Å². The minimum Gasteiger partial charge on any atom is -0.0991 e. The second-order valence-electron chi connectivity index (χ2n) is 10.3. The van der Waals surface area contributed by atoms with Gasteiger partial charge in [-0.25, -0.2) is 0 Å². The minimum absolute atomic E-state index is 0.267. The molecule has 0 aliphatic rings. The Morgan fingerprint density at radius 2 is 0.625 bits per heavy atom. The third kappa shape index (κ3) is 19.2. The van der Waals surface area contributed by atoms with Gasteiger partial charge in [-0.15, -0.1) is 0 Å². The molecule has 0 aromatic heterocycles. The molecule has 0 N–H and O–H groups in total. The molecule has 32 heavy (non-hydrogen) atoms. The third-order valence-corrected chi connectivity index (χ3v) is 14.8. The van der Waals surface area contributed by atoms with Crippen molar-refractivity contribution in [1.29, 1.82) is 0 Å². The van der Waals surface area contributed by atoms with Crippen molar-refractivity contribution in [3.05, 3.63) is 0 Å². The molecule has 0 nitrogen and oxygen atoms in total. The Morgan fingerprint density at radius 3 is 0.906 bits per heavy atom. The smallest absolute Gasteiger partial charge is 0.000583 e. The Bertz CT molecular complexity index is 292. The molecule has 194 valence electrons. The summed E-state index contributed by atoms with van der Waals surface area (Å²) in [6.45, 7) is 11.9. The largest absolute Gasteiger partial charge is 0.0991 e. The lowest BCUT2D eigenvalue weighted by atomic mass is 10.2. The van der Waals surface area contributed by atoms with Gasteiger partial charge in [0.1, 0.15) is 0 Å². The summed E-state index contributed by atoms with van der Waals surface area (Å²) >= 11 is 0. The summed E-state index contributed by atoms with van der Waals surface area (Å²) < 4.78 is 0. The summed E-state index contributed by atoms with van der Waals surface area (Å²) in [5, 5.41) is 1.15. The SMILES string of the molecule is CCCCCCP(CCCCCC)C(CCCCC)P(CCCCCC)CCCCCC. The zero-order valence-electron chi connectivity index (χ0n) is 23.4. The second kappa shape index (κ2) is 26.5. The summed E-state index contributed by atoms with van der Waals surface area (Å²) in [7, 11) is 0.533. The monoisotopic (exact) mass is 486 g/mol. The number of unbranched alkanes of at least 4 members (excludes halogenated alkanes) is 14. The first-order valence-electron chi connectivity index (χ1n) is 15.2. The Kier molecular flexibility index (Phi) is 27.2. The van der Waals surface area contributed by atoms with Crippen molar-refractivity contribution in [1.82, 2.24) is 0 Å². The van der Waals surface area contributed by atoms with Crippen LogP contribution in [-0.2, 0) is 0 Å². The van der Waals surface area contributed by atoms with Gasteiger partial charge >= 0.3 is 0 Å². The molecule has 0 saturated carbocycles. The van der Waals surface area contributed by atoms with E-state index in [-0.39, 0.29) is 15.8 Å². The van der Waals surface area contributed by atoms with E-state index in [1.165, 1.54) is 122 Å². The number of hydrogen-bond donors (Lipinski definition) is 0. The molecule has 0 heterocycles. The van der Waals surface area contributed by atoms with Gasteiger partial charge in [-0.05, 0) is 62.2 Å². The second-order valence-corrected chi connectivity index (χ2v) is 16.1. The van der Waals surface area contributed by atoms with Gasteiger partial charge in [0.25, 0.3) is 0 Å². The standard InChI is InChI=1S/C30H64P2/c1-6-11-16-21-26-31(27-22-17-12-7-2)30(25-20-15-10-5)32(28-23-18-13-8-3)29-24-19-14-9-4/h30H,6-29H2,1-5H3. The molecule has 0 unspecified atom stereocenters. The maximum absolute atomic E-state index is 2.39. The van der Waals surface area contributed by atoms with Crippen LogP contribution in [0.15, 0.2) is 0 Å². The lowest BCUT2D eigenvalue weighted by Crippen LogP contribution is -2.13. The molecular formula is C30H64P2. The Morgan fingerprint density at radius 1 is 0.344 bits per heavy atom. The van der Waals surface area contributed by atoms with E-state index >= 15 is 0 Å². The zero-order valence-corrected chi connectivity index (χ0v) is 25.2. The van der Waals surface area contributed by atoms with Crippen LogP contribution in [0.1, 0.15) is 163 Å². The molecule has 0 saturated heterocycles. The molecule has 0 fully saturated rings. The number of rotatable bonds is 26. The first-order chi connectivity index (χ1) is 15.7. The van der Waals surface area contributed by atoms with Crippen molar-refractivity contribution in [2.45, 2.75) is 168 Å². The van der Waals surface area contributed by atoms with Crippen LogP contribution in [0.5, 0.6) is 0 Å². The molecule has 0 rings (SSSR count). The predicted octanol–water partition coefficient (Wildman–Crippen LogP) is 12.2.